The van der Waals surface area contributed by atoms with Crippen molar-refractivity contribution < 1.29 is 31.3 Å². The second kappa shape index (κ2) is 9.33. The topological polar surface area (TPSA) is 97.3 Å². The highest BCUT2D eigenvalue weighted by molar-refractivity contribution is 5.95. The van der Waals surface area contributed by atoms with Crippen LogP contribution in [0.25, 0.3) is 22.8 Å². The number of halogens is 4. The molecule has 0 fully saturated rings. The van der Waals surface area contributed by atoms with Crippen molar-refractivity contribution in [1.29, 1.82) is 0 Å². The predicted molar refractivity (Wildman–Crippen MR) is 112 cm³/mol. The highest BCUT2D eigenvalue weighted by Crippen LogP contribution is 2.29. The molecule has 0 unspecified atom stereocenters. The van der Waals surface area contributed by atoms with Crippen LogP contribution in [0.1, 0.15) is 16.2 Å². The molecule has 0 saturated heterocycles. The van der Waals surface area contributed by atoms with Gasteiger partial charge in [0.25, 0.3) is 5.91 Å². The van der Waals surface area contributed by atoms with E-state index in [1.807, 2.05) is 0 Å². The zero-order chi connectivity index (χ0) is 24.3. The molecule has 8 nitrogen and oxygen atoms in total. The number of carbonyl (C=O) groups excluding carboxylic acids is 1. The van der Waals surface area contributed by atoms with Gasteiger partial charge in [-0.05, 0) is 36.4 Å². The number of oxazole rings is 1. The second-order valence-corrected chi connectivity index (χ2v) is 7.20. The van der Waals surface area contributed by atoms with Crippen LogP contribution < -0.4 is 10.2 Å². The smallest absolute Gasteiger partial charge is 0.442 e. The van der Waals surface area contributed by atoms with Gasteiger partial charge in [0.1, 0.15) is 12.1 Å². The van der Waals surface area contributed by atoms with E-state index in [0.29, 0.717) is 23.8 Å². The fraction of sp³-hybridized carbons (Fsp3) is 0.182. The lowest BCUT2D eigenvalue weighted by atomic mass is 10.1. The Balaban J connectivity index is 1.34. The first-order chi connectivity index (χ1) is 16.2. The molecule has 4 rings (SSSR count). The molecule has 2 heterocycles. The van der Waals surface area contributed by atoms with E-state index in [4.69, 9.17) is 4.42 Å². The van der Waals surface area contributed by atoms with E-state index >= 15 is 0 Å². The van der Waals surface area contributed by atoms with E-state index in [2.05, 4.69) is 25.0 Å². The van der Waals surface area contributed by atoms with Gasteiger partial charge in [-0.25, -0.2) is 4.39 Å². The minimum Gasteiger partial charge on any atom is -0.442 e. The van der Waals surface area contributed by atoms with Gasteiger partial charge in [-0.15, -0.1) is 0 Å². The summed E-state index contributed by atoms with van der Waals surface area (Å²) in [4.78, 5) is 21.9. The molecule has 0 saturated carbocycles. The van der Waals surface area contributed by atoms with E-state index in [9.17, 15) is 22.4 Å². The Kier molecular flexibility index (Phi) is 6.30. The predicted octanol–water partition coefficient (Wildman–Crippen LogP) is 4.42. The fourth-order valence-corrected chi connectivity index (χ4v) is 2.97. The molecule has 0 aliphatic carbocycles. The summed E-state index contributed by atoms with van der Waals surface area (Å²) in [6.45, 7) is 0.638. The van der Waals surface area contributed by atoms with Crippen molar-refractivity contribution in [2.45, 2.75) is 6.18 Å². The Labute approximate surface area is 190 Å². The van der Waals surface area contributed by atoms with Crippen LogP contribution in [0.15, 0.2) is 63.7 Å². The lowest BCUT2D eigenvalue weighted by Crippen LogP contribution is -2.33. The zero-order valence-corrected chi connectivity index (χ0v) is 17.6. The van der Waals surface area contributed by atoms with Crippen LogP contribution in [-0.4, -0.2) is 41.2 Å². The fourth-order valence-electron chi connectivity index (χ4n) is 2.97. The van der Waals surface area contributed by atoms with Crippen molar-refractivity contribution in [1.82, 2.24) is 20.4 Å². The number of alkyl halides is 3. The van der Waals surface area contributed by atoms with Gasteiger partial charge in [-0.3, -0.25) is 4.79 Å². The normalized spacial score (nSPS) is 11.4. The van der Waals surface area contributed by atoms with Gasteiger partial charge in [0.15, 0.2) is 5.82 Å². The van der Waals surface area contributed by atoms with Gasteiger partial charge < -0.3 is 19.2 Å². The molecule has 2 aromatic heterocycles. The largest absolute Gasteiger partial charge is 0.471 e. The van der Waals surface area contributed by atoms with Crippen molar-refractivity contribution in [2.24, 2.45) is 0 Å². The summed E-state index contributed by atoms with van der Waals surface area (Å²) < 4.78 is 60.7. The molecule has 12 heteroatoms. The molecule has 2 aromatic carbocycles. The third kappa shape index (κ3) is 5.22. The molecule has 0 bridgehead atoms. The Morgan fingerprint density at radius 1 is 1.09 bits per heavy atom. The summed E-state index contributed by atoms with van der Waals surface area (Å²) in [7, 11) is 1.76. The van der Waals surface area contributed by atoms with Gasteiger partial charge in [-0.1, -0.05) is 17.3 Å². The molecular formula is C22H17F4N5O3. The van der Waals surface area contributed by atoms with Crippen molar-refractivity contribution in [2.75, 3.05) is 25.0 Å². The van der Waals surface area contributed by atoms with Gasteiger partial charge in [-0.2, -0.15) is 23.1 Å². The van der Waals surface area contributed by atoms with Crippen LogP contribution in [0.2, 0.25) is 0 Å². The van der Waals surface area contributed by atoms with Crippen LogP contribution in [-0.2, 0) is 6.18 Å². The number of likely N-dealkylation sites (N-methyl/N-ethyl adjacent to an activating group) is 1. The third-order valence-corrected chi connectivity index (χ3v) is 4.76. The molecule has 0 aliphatic rings. The molecule has 0 radical (unpaired) electrons. The first-order valence-electron chi connectivity index (χ1n) is 9.93. The summed E-state index contributed by atoms with van der Waals surface area (Å²) in [6, 6.07) is 11.6. The summed E-state index contributed by atoms with van der Waals surface area (Å²) in [6.07, 6.45) is -3.31. The number of nitrogens with zero attached hydrogens (tertiary/aromatic N) is 4. The SMILES string of the molecule is CN(CCNC(=O)c1cccc(-c2noc(C(F)(F)F)n2)c1)c1coc(-c2ccc(F)cc2)n1. The minimum absolute atomic E-state index is 0.208. The number of anilines is 1. The second-order valence-electron chi connectivity index (χ2n) is 7.20. The Morgan fingerprint density at radius 2 is 1.85 bits per heavy atom. The lowest BCUT2D eigenvalue weighted by Gasteiger charge is -2.15. The van der Waals surface area contributed by atoms with Crippen LogP contribution >= 0.6 is 0 Å². The average molecular weight is 475 g/mol. The van der Waals surface area contributed by atoms with Crippen LogP contribution in [0, 0.1) is 5.82 Å². The number of hydrogen-bond acceptors (Lipinski definition) is 7. The maximum absolute atomic E-state index is 13.1. The maximum atomic E-state index is 13.1. The molecule has 0 aliphatic heterocycles. The monoisotopic (exact) mass is 475 g/mol. The number of rotatable bonds is 7. The first kappa shape index (κ1) is 23.0. The molecule has 34 heavy (non-hydrogen) atoms. The Hall–Kier alpha value is -4.22. The van der Waals surface area contributed by atoms with Crippen LogP contribution in [0.5, 0.6) is 0 Å². The van der Waals surface area contributed by atoms with Crippen molar-refractivity contribution in [3.63, 3.8) is 0 Å². The number of benzene rings is 2. The molecule has 0 spiro atoms. The van der Waals surface area contributed by atoms with E-state index in [0.717, 1.165) is 0 Å². The highest BCUT2D eigenvalue weighted by atomic mass is 19.4. The van der Waals surface area contributed by atoms with Crippen molar-refractivity contribution >= 4 is 11.7 Å². The van der Waals surface area contributed by atoms with Crippen LogP contribution in [0.3, 0.4) is 0 Å². The van der Waals surface area contributed by atoms with Gasteiger partial charge in [0.05, 0.1) is 0 Å². The number of hydrogen-bond donors (Lipinski definition) is 1. The molecular weight excluding hydrogens is 458 g/mol. The van der Waals surface area contributed by atoms with E-state index in [1.54, 1.807) is 24.1 Å². The minimum atomic E-state index is -4.75. The number of amides is 1. The van der Waals surface area contributed by atoms with Crippen LogP contribution in [0.4, 0.5) is 23.4 Å². The van der Waals surface area contributed by atoms with E-state index < -0.39 is 18.0 Å². The molecule has 1 N–H and O–H groups in total. The van der Waals surface area contributed by atoms with Crippen molar-refractivity contribution in [3.05, 3.63) is 72.1 Å². The molecule has 0 atom stereocenters. The number of nitrogens with one attached hydrogen (secondary N) is 1. The van der Waals surface area contributed by atoms with E-state index in [1.165, 1.54) is 42.7 Å². The Bertz CT molecular complexity index is 1280. The summed E-state index contributed by atoms with van der Waals surface area (Å²) in [5.41, 5.74) is 1.05. The van der Waals surface area contributed by atoms with Gasteiger partial charge in [0, 0.05) is 36.8 Å². The standard InChI is InChI=1S/C22H17F4N5O3/c1-31(17-12-33-20(28-17)13-5-7-16(23)8-6-13)10-9-27-19(32)15-4-2-3-14(11-15)18-29-21(34-30-18)22(24,25)26/h2-8,11-12H,9-10H2,1H3,(H,27,32). The van der Waals surface area contributed by atoms with Crippen molar-refractivity contribution in [3.8, 4) is 22.8 Å². The molecule has 1 amide bonds. The average Bonchev–Trinajstić information content (AvgIpc) is 3.50. The quantitative estimate of drug-likeness (QED) is 0.395. The first-order valence-corrected chi connectivity index (χ1v) is 9.93. The van der Waals surface area contributed by atoms with Gasteiger partial charge >= 0.3 is 12.1 Å². The summed E-state index contributed by atoms with van der Waals surface area (Å²) in [5.74, 6) is -1.68. The third-order valence-electron chi connectivity index (χ3n) is 4.76. The number of carbonyl (C=O) groups is 1. The summed E-state index contributed by atoms with van der Waals surface area (Å²) >= 11 is 0. The van der Waals surface area contributed by atoms with E-state index in [-0.39, 0.29) is 29.3 Å². The lowest BCUT2D eigenvalue weighted by molar-refractivity contribution is -0.159. The molecule has 4 aromatic rings. The van der Waals surface area contributed by atoms with Gasteiger partial charge in [0.2, 0.25) is 11.7 Å². The summed E-state index contributed by atoms with van der Waals surface area (Å²) in [5, 5.41) is 6.05. The Morgan fingerprint density at radius 3 is 2.56 bits per heavy atom. The number of aromatic nitrogens is 3. The molecule has 176 valence electrons. The maximum Gasteiger partial charge on any atom is 0.471 e. The zero-order valence-electron chi connectivity index (χ0n) is 17.6. The highest BCUT2D eigenvalue weighted by Gasteiger charge is 2.38.